The van der Waals surface area contributed by atoms with Crippen molar-refractivity contribution in [2.24, 2.45) is 5.92 Å². The molecule has 0 aliphatic heterocycles. The quantitative estimate of drug-likeness (QED) is 0.776. The number of nitrogens with zero attached hydrogens (tertiary/aromatic N) is 2. The Balaban J connectivity index is 1.86. The maximum absolute atomic E-state index is 12.3. The van der Waals surface area contributed by atoms with Crippen LogP contribution in [0, 0.1) is 12.8 Å². The fourth-order valence-electron chi connectivity index (χ4n) is 2.08. The molecule has 0 aliphatic rings. The Morgan fingerprint density at radius 1 is 1.30 bits per heavy atom. The fourth-order valence-corrected chi connectivity index (χ4v) is 2.92. The molecule has 2 rings (SSSR count). The van der Waals surface area contributed by atoms with Gasteiger partial charge in [0.15, 0.2) is 0 Å². The summed E-state index contributed by atoms with van der Waals surface area (Å²) < 4.78 is 5.66. The molecule has 0 fully saturated rings. The van der Waals surface area contributed by atoms with E-state index in [1.165, 1.54) is 0 Å². The predicted octanol–water partition coefficient (Wildman–Crippen LogP) is 3.69. The summed E-state index contributed by atoms with van der Waals surface area (Å²) in [6.07, 6.45) is 2.24. The van der Waals surface area contributed by atoms with Crippen LogP contribution in [0.2, 0.25) is 0 Å². The van der Waals surface area contributed by atoms with Crippen LogP contribution < -0.4 is 4.74 Å². The van der Waals surface area contributed by atoms with Gasteiger partial charge in [-0.15, -0.1) is 11.3 Å². The highest BCUT2D eigenvalue weighted by Crippen LogP contribution is 2.16. The lowest BCUT2D eigenvalue weighted by Gasteiger charge is -2.16. The van der Waals surface area contributed by atoms with Gasteiger partial charge in [0.25, 0.3) is 0 Å². The monoisotopic (exact) mass is 332 g/mol. The Kier molecular flexibility index (Phi) is 6.16. The first-order valence-electron chi connectivity index (χ1n) is 7.81. The number of aromatic nitrogens is 1. The summed E-state index contributed by atoms with van der Waals surface area (Å²) in [5, 5.41) is 1.03. The topological polar surface area (TPSA) is 42.4 Å². The number of hydrogen-bond donors (Lipinski definition) is 0. The summed E-state index contributed by atoms with van der Waals surface area (Å²) in [4.78, 5) is 19.4. The van der Waals surface area contributed by atoms with E-state index in [0.29, 0.717) is 25.5 Å². The minimum atomic E-state index is 0.104. The molecule has 2 aromatic rings. The molecule has 0 saturated carbocycles. The van der Waals surface area contributed by atoms with E-state index in [0.717, 1.165) is 21.2 Å². The second-order valence-electron chi connectivity index (χ2n) is 6.12. The van der Waals surface area contributed by atoms with Crippen LogP contribution in [-0.2, 0) is 17.8 Å². The van der Waals surface area contributed by atoms with Crippen molar-refractivity contribution in [3.05, 3.63) is 45.9 Å². The van der Waals surface area contributed by atoms with E-state index in [9.17, 15) is 4.79 Å². The van der Waals surface area contributed by atoms with Crippen LogP contribution in [0.1, 0.15) is 29.3 Å². The smallest absolute Gasteiger partial charge is 0.227 e. The van der Waals surface area contributed by atoms with Gasteiger partial charge in [0.1, 0.15) is 5.75 Å². The third-order valence-electron chi connectivity index (χ3n) is 3.35. The molecule has 1 amide bonds. The largest absolute Gasteiger partial charge is 0.493 e. The summed E-state index contributed by atoms with van der Waals surface area (Å²) in [5.41, 5.74) is 0.999. The van der Waals surface area contributed by atoms with Gasteiger partial charge in [-0.05, 0) is 30.5 Å². The Labute approximate surface area is 142 Å². The molecule has 0 saturated heterocycles. The van der Waals surface area contributed by atoms with Gasteiger partial charge in [-0.2, -0.15) is 0 Å². The van der Waals surface area contributed by atoms with Gasteiger partial charge >= 0.3 is 0 Å². The number of rotatable bonds is 7. The van der Waals surface area contributed by atoms with Crippen LogP contribution in [0.15, 0.2) is 30.5 Å². The summed E-state index contributed by atoms with van der Waals surface area (Å²) in [6, 6.07) is 7.77. The molecule has 5 heteroatoms. The van der Waals surface area contributed by atoms with Gasteiger partial charge in [0.2, 0.25) is 5.91 Å². The van der Waals surface area contributed by atoms with Gasteiger partial charge in [-0.25, -0.2) is 4.98 Å². The highest BCUT2D eigenvalue weighted by atomic mass is 32.1. The third kappa shape index (κ3) is 5.67. The molecule has 0 atom stereocenters. The van der Waals surface area contributed by atoms with Crippen LogP contribution in [0.4, 0.5) is 0 Å². The van der Waals surface area contributed by atoms with Gasteiger partial charge in [-0.3, -0.25) is 4.79 Å². The summed E-state index contributed by atoms with van der Waals surface area (Å²) in [6.45, 7) is 7.52. The number of aryl methyl sites for hydroxylation is 1. The van der Waals surface area contributed by atoms with E-state index in [1.54, 1.807) is 16.2 Å². The molecular weight excluding hydrogens is 308 g/mol. The van der Waals surface area contributed by atoms with Crippen molar-refractivity contribution in [3.8, 4) is 5.75 Å². The second-order valence-corrected chi connectivity index (χ2v) is 7.44. The molecule has 1 aromatic carbocycles. The Morgan fingerprint density at radius 2 is 2.00 bits per heavy atom. The number of ether oxygens (including phenoxy) is 1. The Hall–Kier alpha value is -1.88. The van der Waals surface area contributed by atoms with Gasteiger partial charge in [0, 0.05) is 18.1 Å². The SMILES string of the molecule is Cc1ncc(CN(C)C(=O)Cc2ccc(OCC(C)C)cc2)s1. The number of carbonyl (C=O) groups is 1. The van der Waals surface area contributed by atoms with Crippen molar-refractivity contribution in [3.63, 3.8) is 0 Å². The van der Waals surface area contributed by atoms with Crippen molar-refractivity contribution >= 4 is 17.2 Å². The molecule has 0 radical (unpaired) electrons. The van der Waals surface area contributed by atoms with E-state index in [4.69, 9.17) is 4.74 Å². The predicted molar refractivity (Wildman–Crippen MR) is 93.8 cm³/mol. The first kappa shape index (κ1) is 17.5. The first-order valence-corrected chi connectivity index (χ1v) is 8.62. The summed E-state index contributed by atoms with van der Waals surface area (Å²) >= 11 is 1.63. The van der Waals surface area contributed by atoms with E-state index in [-0.39, 0.29) is 5.91 Å². The van der Waals surface area contributed by atoms with E-state index in [2.05, 4.69) is 18.8 Å². The van der Waals surface area contributed by atoms with Crippen molar-refractivity contribution in [1.82, 2.24) is 9.88 Å². The van der Waals surface area contributed by atoms with Crippen LogP contribution in [-0.4, -0.2) is 29.4 Å². The van der Waals surface area contributed by atoms with Crippen LogP contribution in [0.5, 0.6) is 5.75 Å². The lowest BCUT2D eigenvalue weighted by atomic mass is 10.1. The highest BCUT2D eigenvalue weighted by molar-refractivity contribution is 7.11. The van der Waals surface area contributed by atoms with Crippen molar-refractivity contribution < 1.29 is 9.53 Å². The zero-order valence-electron chi connectivity index (χ0n) is 14.2. The minimum Gasteiger partial charge on any atom is -0.493 e. The standard InChI is InChI=1S/C18H24N2O2S/c1-13(2)12-22-16-7-5-15(6-8-16)9-18(21)20(4)11-17-10-19-14(3)23-17/h5-8,10,13H,9,11-12H2,1-4H3. The lowest BCUT2D eigenvalue weighted by molar-refractivity contribution is -0.129. The second kappa shape index (κ2) is 8.11. The molecule has 0 unspecified atom stereocenters. The summed E-state index contributed by atoms with van der Waals surface area (Å²) in [5.74, 6) is 1.45. The van der Waals surface area contributed by atoms with E-state index in [1.807, 2.05) is 44.4 Å². The molecule has 4 nitrogen and oxygen atoms in total. The molecule has 0 bridgehead atoms. The van der Waals surface area contributed by atoms with Crippen molar-refractivity contribution in [2.75, 3.05) is 13.7 Å². The minimum absolute atomic E-state index is 0.104. The lowest BCUT2D eigenvalue weighted by Crippen LogP contribution is -2.27. The van der Waals surface area contributed by atoms with Crippen molar-refractivity contribution in [1.29, 1.82) is 0 Å². The van der Waals surface area contributed by atoms with Crippen molar-refractivity contribution in [2.45, 2.75) is 33.7 Å². The van der Waals surface area contributed by atoms with Gasteiger partial charge in [-0.1, -0.05) is 26.0 Å². The molecule has 23 heavy (non-hydrogen) atoms. The van der Waals surface area contributed by atoms with Crippen LogP contribution >= 0.6 is 11.3 Å². The molecule has 0 aliphatic carbocycles. The highest BCUT2D eigenvalue weighted by Gasteiger charge is 2.11. The molecule has 124 valence electrons. The van der Waals surface area contributed by atoms with Crippen LogP contribution in [0.25, 0.3) is 0 Å². The number of thiazole rings is 1. The van der Waals surface area contributed by atoms with Gasteiger partial charge in [0.05, 0.1) is 24.6 Å². The van der Waals surface area contributed by atoms with Crippen LogP contribution in [0.3, 0.4) is 0 Å². The average Bonchev–Trinajstić information content (AvgIpc) is 2.91. The average molecular weight is 332 g/mol. The third-order valence-corrected chi connectivity index (χ3v) is 4.25. The maximum atomic E-state index is 12.3. The molecule has 1 aromatic heterocycles. The fraction of sp³-hybridized carbons (Fsp3) is 0.444. The molecule has 1 heterocycles. The molecule has 0 spiro atoms. The Bertz CT molecular complexity index is 635. The zero-order chi connectivity index (χ0) is 16.8. The summed E-state index contributed by atoms with van der Waals surface area (Å²) in [7, 11) is 1.83. The number of amides is 1. The number of carbonyl (C=O) groups excluding carboxylic acids is 1. The van der Waals surface area contributed by atoms with E-state index < -0.39 is 0 Å². The molecule has 0 N–H and O–H groups in total. The number of benzene rings is 1. The first-order chi connectivity index (χ1) is 10.9. The van der Waals surface area contributed by atoms with E-state index >= 15 is 0 Å². The van der Waals surface area contributed by atoms with Gasteiger partial charge < -0.3 is 9.64 Å². The normalized spacial score (nSPS) is 10.8. The number of likely N-dealkylation sites (N-methyl/N-ethyl adjacent to an activating group) is 1. The maximum Gasteiger partial charge on any atom is 0.227 e. The number of hydrogen-bond acceptors (Lipinski definition) is 4. The zero-order valence-corrected chi connectivity index (χ0v) is 15.0. The molecular formula is C18H24N2O2S. The Morgan fingerprint density at radius 3 is 2.57 bits per heavy atom.